The lowest BCUT2D eigenvalue weighted by Crippen LogP contribution is -2.35. The van der Waals surface area contributed by atoms with Gasteiger partial charge in [0, 0.05) is 32.2 Å². The molecule has 0 spiro atoms. The Morgan fingerprint density at radius 1 is 1.07 bits per heavy atom. The van der Waals surface area contributed by atoms with Crippen LogP contribution in [-0.2, 0) is 6.54 Å². The highest BCUT2D eigenvalue weighted by molar-refractivity contribution is 5.97. The molecule has 30 heavy (non-hydrogen) atoms. The van der Waals surface area contributed by atoms with Gasteiger partial charge in [-0.2, -0.15) is 0 Å². The first-order valence-electron chi connectivity index (χ1n) is 10.2. The third kappa shape index (κ3) is 4.26. The van der Waals surface area contributed by atoms with Gasteiger partial charge in [-0.25, -0.2) is 4.98 Å². The summed E-state index contributed by atoms with van der Waals surface area (Å²) in [7, 11) is 3.16. The first kappa shape index (κ1) is 20.2. The fourth-order valence-electron chi connectivity index (χ4n) is 3.82. The molecular formula is C23H27N3O4. The maximum Gasteiger partial charge on any atom is 0.257 e. The molecule has 2 aromatic carbocycles. The minimum Gasteiger partial charge on any atom is -0.497 e. The van der Waals surface area contributed by atoms with E-state index in [0.717, 1.165) is 30.6 Å². The van der Waals surface area contributed by atoms with Gasteiger partial charge in [0.1, 0.15) is 17.0 Å². The summed E-state index contributed by atoms with van der Waals surface area (Å²) in [6, 6.07) is 11.3. The minimum absolute atomic E-state index is 0.0197. The number of ether oxygens (including phenoxy) is 2. The highest BCUT2D eigenvalue weighted by atomic mass is 16.5. The predicted molar refractivity (Wildman–Crippen MR) is 114 cm³/mol. The largest absolute Gasteiger partial charge is 0.497 e. The van der Waals surface area contributed by atoms with Gasteiger partial charge in [0.05, 0.1) is 26.3 Å². The number of fused-ring (bicyclic) bond motifs is 1. The molecule has 4 rings (SSSR count). The van der Waals surface area contributed by atoms with Crippen molar-refractivity contribution in [3.63, 3.8) is 0 Å². The van der Waals surface area contributed by atoms with Crippen LogP contribution < -0.4 is 9.47 Å². The number of benzene rings is 2. The third-order valence-electron chi connectivity index (χ3n) is 5.46. The molecule has 0 bridgehead atoms. The Labute approximate surface area is 176 Å². The van der Waals surface area contributed by atoms with Crippen LogP contribution in [0.1, 0.15) is 28.2 Å². The van der Waals surface area contributed by atoms with Crippen molar-refractivity contribution in [3.05, 3.63) is 53.4 Å². The van der Waals surface area contributed by atoms with E-state index < -0.39 is 0 Å². The van der Waals surface area contributed by atoms with E-state index in [2.05, 4.69) is 9.88 Å². The average Bonchev–Trinajstić information content (AvgIpc) is 3.00. The fraction of sp³-hybridized carbons (Fsp3) is 0.391. The zero-order valence-corrected chi connectivity index (χ0v) is 17.7. The van der Waals surface area contributed by atoms with Gasteiger partial charge in [0.2, 0.25) is 5.89 Å². The van der Waals surface area contributed by atoms with Crippen molar-refractivity contribution >= 4 is 17.0 Å². The second-order valence-electron chi connectivity index (χ2n) is 7.57. The van der Waals surface area contributed by atoms with Crippen LogP contribution in [0, 0.1) is 6.92 Å². The van der Waals surface area contributed by atoms with Crippen molar-refractivity contribution in [1.82, 2.24) is 14.8 Å². The normalized spacial score (nSPS) is 15.2. The van der Waals surface area contributed by atoms with E-state index in [1.165, 1.54) is 5.56 Å². The molecule has 1 saturated heterocycles. The van der Waals surface area contributed by atoms with E-state index in [1.54, 1.807) is 32.4 Å². The zero-order valence-electron chi connectivity index (χ0n) is 17.7. The average molecular weight is 409 g/mol. The third-order valence-corrected chi connectivity index (χ3v) is 5.46. The van der Waals surface area contributed by atoms with Gasteiger partial charge in [0.15, 0.2) is 5.58 Å². The van der Waals surface area contributed by atoms with Crippen molar-refractivity contribution < 1.29 is 18.7 Å². The van der Waals surface area contributed by atoms with E-state index >= 15 is 0 Å². The number of nitrogens with zero attached hydrogens (tertiary/aromatic N) is 3. The van der Waals surface area contributed by atoms with Crippen LogP contribution in [0.3, 0.4) is 0 Å². The fourth-order valence-corrected chi connectivity index (χ4v) is 3.82. The van der Waals surface area contributed by atoms with E-state index in [0.29, 0.717) is 42.6 Å². The van der Waals surface area contributed by atoms with Crippen LogP contribution in [0.2, 0.25) is 0 Å². The molecule has 7 heteroatoms. The summed E-state index contributed by atoms with van der Waals surface area (Å²) >= 11 is 0. The molecule has 0 aliphatic carbocycles. The summed E-state index contributed by atoms with van der Waals surface area (Å²) in [6.07, 6.45) is 0.892. The first-order valence-corrected chi connectivity index (χ1v) is 10.2. The summed E-state index contributed by atoms with van der Waals surface area (Å²) in [5, 5.41) is 0. The lowest BCUT2D eigenvalue weighted by atomic mass is 10.1. The van der Waals surface area contributed by atoms with Crippen molar-refractivity contribution in [3.8, 4) is 11.5 Å². The van der Waals surface area contributed by atoms with Crippen molar-refractivity contribution in [2.45, 2.75) is 19.9 Å². The number of hydrogen-bond donors (Lipinski definition) is 0. The number of carbonyl (C=O) groups excluding carboxylic acids is 1. The Morgan fingerprint density at radius 2 is 1.93 bits per heavy atom. The monoisotopic (exact) mass is 409 g/mol. The van der Waals surface area contributed by atoms with Crippen molar-refractivity contribution in [2.75, 3.05) is 40.4 Å². The van der Waals surface area contributed by atoms with E-state index in [9.17, 15) is 4.79 Å². The summed E-state index contributed by atoms with van der Waals surface area (Å²) in [4.78, 5) is 21.9. The Bertz CT molecular complexity index is 1050. The predicted octanol–water partition coefficient (Wildman–Crippen LogP) is 3.50. The van der Waals surface area contributed by atoms with Crippen LogP contribution in [0.15, 0.2) is 40.8 Å². The van der Waals surface area contributed by atoms with E-state index in [4.69, 9.17) is 13.9 Å². The molecule has 7 nitrogen and oxygen atoms in total. The van der Waals surface area contributed by atoms with Gasteiger partial charge >= 0.3 is 0 Å². The molecule has 0 atom stereocenters. The number of oxazole rings is 1. The van der Waals surface area contributed by atoms with Crippen LogP contribution >= 0.6 is 0 Å². The smallest absolute Gasteiger partial charge is 0.257 e. The lowest BCUT2D eigenvalue weighted by Gasteiger charge is -2.22. The minimum atomic E-state index is -0.0197. The SMILES string of the molecule is COc1ccc(C(=O)N2CCCN(Cc3nc4cc(C)ccc4o3)CC2)c(OC)c1. The molecule has 0 unspecified atom stereocenters. The van der Waals surface area contributed by atoms with Crippen LogP contribution in [-0.4, -0.2) is 61.1 Å². The second kappa shape index (κ2) is 8.75. The molecule has 2 heterocycles. The highest BCUT2D eigenvalue weighted by Gasteiger charge is 2.24. The zero-order chi connectivity index (χ0) is 21.1. The number of aromatic nitrogens is 1. The van der Waals surface area contributed by atoms with E-state index in [-0.39, 0.29) is 5.91 Å². The molecule has 1 aliphatic rings. The van der Waals surface area contributed by atoms with Gasteiger partial charge in [-0.3, -0.25) is 9.69 Å². The quantitative estimate of drug-likeness (QED) is 0.643. The lowest BCUT2D eigenvalue weighted by molar-refractivity contribution is 0.0757. The molecule has 1 fully saturated rings. The summed E-state index contributed by atoms with van der Waals surface area (Å²) in [5.74, 6) is 1.89. The molecule has 1 aliphatic heterocycles. The number of aryl methyl sites for hydroxylation is 1. The Kier molecular flexibility index (Phi) is 5.90. The number of carbonyl (C=O) groups is 1. The number of hydrogen-bond acceptors (Lipinski definition) is 6. The molecule has 0 radical (unpaired) electrons. The van der Waals surface area contributed by atoms with Gasteiger partial charge in [-0.15, -0.1) is 0 Å². The maximum atomic E-state index is 13.1. The maximum absolute atomic E-state index is 13.1. The van der Waals surface area contributed by atoms with Crippen molar-refractivity contribution in [1.29, 1.82) is 0 Å². The van der Waals surface area contributed by atoms with Gasteiger partial charge in [-0.05, 0) is 43.2 Å². The number of rotatable bonds is 5. The van der Waals surface area contributed by atoms with E-state index in [1.807, 2.05) is 30.0 Å². The molecule has 1 amide bonds. The standard InChI is InChI=1S/C23H27N3O4/c1-16-5-8-20-19(13-16)24-22(30-20)15-25-9-4-10-26(12-11-25)23(27)18-7-6-17(28-2)14-21(18)29-3/h5-8,13-14H,4,9-12,15H2,1-3H3. The number of amides is 1. The number of methoxy groups -OCH3 is 2. The van der Waals surface area contributed by atoms with Crippen LogP contribution in [0.4, 0.5) is 0 Å². The van der Waals surface area contributed by atoms with Crippen molar-refractivity contribution in [2.24, 2.45) is 0 Å². The van der Waals surface area contributed by atoms with Crippen LogP contribution in [0.25, 0.3) is 11.1 Å². The Balaban J connectivity index is 1.42. The first-order chi connectivity index (χ1) is 14.6. The molecule has 1 aromatic heterocycles. The molecule has 0 saturated carbocycles. The van der Waals surface area contributed by atoms with Crippen LogP contribution in [0.5, 0.6) is 11.5 Å². The molecule has 3 aromatic rings. The topological polar surface area (TPSA) is 68.0 Å². The highest BCUT2D eigenvalue weighted by Crippen LogP contribution is 2.26. The second-order valence-corrected chi connectivity index (χ2v) is 7.57. The summed E-state index contributed by atoms with van der Waals surface area (Å²) in [5.41, 5.74) is 3.43. The van der Waals surface area contributed by atoms with Gasteiger partial charge < -0.3 is 18.8 Å². The Morgan fingerprint density at radius 3 is 2.73 bits per heavy atom. The van der Waals surface area contributed by atoms with Gasteiger partial charge in [-0.1, -0.05) is 6.07 Å². The summed E-state index contributed by atoms with van der Waals surface area (Å²) < 4.78 is 16.5. The van der Waals surface area contributed by atoms with Gasteiger partial charge in [0.25, 0.3) is 5.91 Å². The molecular weight excluding hydrogens is 382 g/mol. The summed E-state index contributed by atoms with van der Waals surface area (Å²) in [6.45, 7) is 5.70. The molecule has 158 valence electrons. The molecule has 0 N–H and O–H groups in total. The Hall–Kier alpha value is -3.06.